The first kappa shape index (κ1) is 13.8. The van der Waals surface area contributed by atoms with E-state index in [9.17, 15) is 4.79 Å². The van der Waals surface area contributed by atoms with Crippen molar-refractivity contribution in [3.05, 3.63) is 18.3 Å². The van der Waals surface area contributed by atoms with Crippen molar-refractivity contribution in [1.82, 2.24) is 9.88 Å². The summed E-state index contributed by atoms with van der Waals surface area (Å²) in [5.74, 6) is 0.932. The maximum atomic E-state index is 11.8. The number of pyridine rings is 1. The van der Waals surface area contributed by atoms with Crippen molar-refractivity contribution < 1.29 is 4.79 Å². The molecular formula is C14H22N4O. The molecule has 1 aliphatic rings. The monoisotopic (exact) mass is 262 g/mol. The van der Waals surface area contributed by atoms with Crippen LogP contribution in [0.15, 0.2) is 18.3 Å². The number of carbonyl (C=O) groups excluding carboxylic acids is 1. The van der Waals surface area contributed by atoms with Gasteiger partial charge < -0.3 is 15.5 Å². The fourth-order valence-corrected chi connectivity index (χ4v) is 1.89. The van der Waals surface area contributed by atoms with Gasteiger partial charge in [-0.15, -0.1) is 0 Å². The number of hydrogen-bond acceptors (Lipinski definition) is 4. The number of hydrogen-bond donors (Lipinski definition) is 2. The van der Waals surface area contributed by atoms with E-state index in [4.69, 9.17) is 0 Å². The van der Waals surface area contributed by atoms with E-state index in [1.54, 1.807) is 6.20 Å². The second-order valence-electron chi connectivity index (χ2n) is 5.28. The molecule has 2 rings (SSSR count). The van der Waals surface area contributed by atoms with Crippen LogP contribution in [0, 0.1) is 5.92 Å². The SMILES string of the molecule is CN(C)CCNc1ccc(NC(=O)C2CCC2)nc1. The zero-order chi connectivity index (χ0) is 13.7. The summed E-state index contributed by atoms with van der Waals surface area (Å²) in [5, 5.41) is 6.14. The second-order valence-corrected chi connectivity index (χ2v) is 5.28. The predicted molar refractivity (Wildman–Crippen MR) is 77.3 cm³/mol. The van der Waals surface area contributed by atoms with Gasteiger partial charge in [0.05, 0.1) is 11.9 Å². The average Bonchev–Trinajstić information content (AvgIpc) is 2.28. The molecule has 19 heavy (non-hydrogen) atoms. The third-order valence-electron chi connectivity index (χ3n) is 3.38. The van der Waals surface area contributed by atoms with Gasteiger partial charge in [-0.2, -0.15) is 0 Å². The fourth-order valence-electron chi connectivity index (χ4n) is 1.89. The number of amides is 1. The smallest absolute Gasteiger partial charge is 0.228 e. The highest BCUT2D eigenvalue weighted by molar-refractivity contribution is 5.92. The van der Waals surface area contributed by atoms with Crippen molar-refractivity contribution >= 4 is 17.4 Å². The van der Waals surface area contributed by atoms with Gasteiger partial charge in [-0.1, -0.05) is 6.42 Å². The largest absolute Gasteiger partial charge is 0.383 e. The van der Waals surface area contributed by atoms with Crippen LogP contribution in [0.4, 0.5) is 11.5 Å². The van der Waals surface area contributed by atoms with Crippen molar-refractivity contribution in [3.63, 3.8) is 0 Å². The first-order chi connectivity index (χ1) is 9.15. The number of aromatic nitrogens is 1. The van der Waals surface area contributed by atoms with Gasteiger partial charge in [0.25, 0.3) is 0 Å². The van der Waals surface area contributed by atoms with Gasteiger partial charge in [0.15, 0.2) is 0 Å². The summed E-state index contributed by atoms with van der Waals surface area (Å²) in [6, 6.07) is 3.79. The van der Waals surface area contributed by atoms with Crippen LogP contribution in [0.3, 0.4) is 0 Å². The minimum Gasteiger partial charge on any atom is -0.383 e. The van der Waals surface area contributed by atoms with Crippen molar-refractivity contribution in [2.75, 3.05) is 37.8 Å². The summed E-state index contributed by atoms with van der Waals surface area (Å²) in [5.41, 5.74) is 0.975. The molecule has 1 amide bonds. The molecule has 0 saturated heterocycles. The Morgan fingerprint density at radius 2 is 2.21 bits per heavy atom. The van der Waals surface area contributed by atoms with Crippen LogP contribution < -0.4 is 10.6 Å². The lowest BCUT2D eigenvalue weighted by Crippen LogP contribution is -2.28. The Morgan fingerprint density at radius 1 is 1.42 bits per heavy atom. The first-order valence-corrected chi connectivity index (χ1v) is 6.80. The lowest BCUT2D eigenvalue weighted by molar-refractivity contribution is -0.122. The van der Waals surface area contributed by atoms with E-state index in [0.29, 0.717) is 5.82 Å². The highest BCUT2D eigenvalue weighted by Crippen LogP contribution is 2.27. The Labute approximate surface area is 114 Å². The number of nitrogens with one attached hydrogen (secondary N) is 2. The van der Waals surface area contributed by atoms with Crippen LogP contribution in [0.25, 0.3) is 0 Å². The summed E-state index contributed by atoms with van der Waals surface area (Å²) in [4.78, 5) is 18.1. The van der Waals surface area contributed by atoms with Gasteiger partial charge in [0, 0.05) is 19.0 Å². The lowest BCUT2D eigenvalue weighted by Gasteiger charge is -2.23. The maximum absolute atomic E-state index is 11.8. The van der Waals surface area contributed by atoms with Crippen molar-refractivity contribution in [3.8, 4) is 0 Å². The number of carbonyl (C=O) groups is 1. The molecule has 1 aromatic heterocycles. The third-order valence-corrected chi connectivity index (χ3v) is 3.38. The number of rotatable bonds is 6. The van der Waals surface area contributed by atoms with Gasteiger partial charge >= 0.3 is 0 Å². The Hall–Kier alpha value is -1.62. The van der Waals surface area contributed by atoms with Gasteiger partial charge in [0.2, 0.25) is 5.91 Å². The zero-order valence-corrected chi connectivity index (χ0v) is 11.6. The molecule has 1 fully saturated rings. The van der Waals surface area contributed by atoms with E-state index in [1.807, 2.05) is 26.2 Å². The molecular weight excluding hydrogens is 240 g/mol. The van der Waals surface area contributed by atoms with Crippen LogP contribution in [0.2, 0.25) is 0 Å². The molecule has 0 spiro atoms. The molecule has 5 nitrogen and oxygen atoms in total. The number of likely N-dealkylation sites (N-methyl/N-ethyl adjacent to an activating group) is 1. The molecule has 1 aromatic rings. The van der Waals surface area contributed by atoms with Crippen molar-refractivity contribution in [1.29, 1.82) is 0 Å². The predicted octanol–water partition coefficient (Wildman–Crippen LogP) is 1.79. The standard InChI is InChI=1S/C14H22N4O/c1-18(2)9-8-15-12-6-7-13(16-10-12)17-14(19)11-4-3-5-11/h6-7,10-11,15H,3-5,8-9H2,1-2H3,(H,16,17,19). The van der Waals surface area contributed by atoms with E-state index < -0.39 is 0 Å². The molecule has 0 unspecified atom stereocenters. The van der Waals surface area contributed by atoms with Crippen LogP contribution in [0.1, 0.15) is 19.3 Å². The Bertz CT molecular complexity index is 412. The third kappa shape index (κ3) is 4.21. The molecule has 0 atom stereocenters. The number of anilines is 2. The quantitative estimate of drug-likeness (QED) is 0.820. The second kappa shape index (κ2) is 6.52. The Morgan fingerprint density at radius 3 is 2.74 bits per heavy atom. The lowest BCUT2D eigenvalue weighted by atomic mass is 9.85. The molecule has 104 valence electrons. The highest BCUT2D eigenvalue weighted by atomic mass is 16.2. The molecule has 0 aliphatic heterocycles. The van der Waals surface area contributed by atoms with E-state index in [1.165, 1.54) is 6.42 Å². The average molecular weight is 262 g/mol. The Balaban J connectivity index is 1.78. The van der Waals surface area contributed by atoms with E-state index in [2.05, 4.69) is 20.5 Å². The van der Waals surface area contributed by atoms with Gasteiger partial charge in [-0.05, 0) is 39.1 Å². The summed E-state index contributed by atoms with van der Waals surface area (Å²) in [7, 11) is 4.08. The molecule has 0 radical (unpaired) electrons. The van der Waals surface area contributed by atoms with Crippen LogP contribution in [-0.4, -0.2) is 43.0 Å². The molecule has 1 heterocycles. The summed E-state index contributed by atoms with van der Waals surface area (Å²) in [6.07, 6.45) is 4.94. The minimum atomic E-state index is 0.104. The van der Waals surface area contributed by atoms with E-state index in [0.717, 1.165) is 31.6 Å². The summed E-state index contributed by atoms with van der Waals surface area (Å²) >= 11 is 0. The maximum Gasteiger partial charge on any atom is 0.228 e. The van der Waals surface area contributed by atoms with Crippen LogP contribution in [-0.2, 0) is 4.79 Å². The molecule has 1 aliphatic carbocycles. The van der Waals surface area contributed by atoms with Crippen molar-refractivity contribution in [2.45, 2.75) is 19.3 Å². The molecule has 2 N–H and O–H groups in total. The van der Waals surface area contributed by atoms with Crippen LogP contribution in [0.5, 0.6) is 0 Å². The normalized spacial score (nSPS) is 15.1. The zero-order valence-electron chi connectivity index (χ0n) is 11.6. The summed E-state index contributed by atoms with van der Waals surface area (Å²) in [6.45, 7) is 1.85. The van der Waals surface area contributed by atoms with Crippen LogP contribution >= 0.6 is 0 Å². The molecule has 0 aromatic carbocycles. The molecule has 5 heteroatoms. The van der Waals surface area contributed by atoms with Gasteiger partial charge in [-0.25, -0.2) is 4.98 Å². The summed E-state index contributed by atoms with van der Waals surface area (Å²) < 4.78 is 0. The Kier molecular flexibility index (Phi) is 4.74. The van der Waals surface area contributed by atoms with E-state index in [-0.39, 0.29) is 11.8 Å². The topological polar surface area (TPSA) is 57.3 Å². The first-order valence-electron chi connectivity index (χ1n) is 6.80. The molecule has 0 bridgehead atoms. The number of nitrogens with zero attached hydrogens (tertiary/aromatic N) is 2. The highest BCUT2D eigenvalue weighted by Gasteiger charge is 2.25. The minimum absolute atomic E-state index is 0.104. The van der Waals surface area contributed by atoms with Gasteiger partial charge in [0.1, 0.15) is 5.82 Å². The fraction of sp³-hybridized carbons (Fsp3) is 0.571. The van der Waals surface area contributed by atoms with Gasteiger partial charge in [-0.3, -0.25) is 4.79 Å². The van der Waals surface area contributed by atoms with Crippen molar-refractivity contribution in [2.24, 2.45) is 5.92 Å². The molecule has 1 saturated carbocycles. The van der Waals surface area contributed by atoms with E-state index >= 15 is 0 Å².